The van der Waals surface area contributed by atoms with E-state index in [9.17, 15) is 13.2 Å². The van der Waals surface area contributed by atoms with Crippen molar-refractivity contribution in [2.75, 3.05) is 13.1 Å². The Morgan fingerprint density at radius 2 is 1.60 bits per heavy atom. The summed E-state index contributed by atoms with van der Waals surface area (Å²) in [6.07, 6.45) is -4.23. The van der Waals surface area contributed by atoms with E-state index in [2.05, 4.69) is 5.32 Å². The molecule has 0 bridgehead atoms. The maximum Gasteiger partial charge on any atom is 0.416 e. The number of halogens is 4. The fourth-order valence-electron chi connectivity index (χ4n) is 1.47. The average Bonchev–Trinajstić information content (AvgIpc) is 2.00. The Kier molecular flexibility index (Phi) is 3.62. The molecule has 15 heavy (non-hydrogen) atoms. The van der Waals surface area contributed by atoms with Gasteiger partial charge < -0.3 is 5.32 Å². The third-order valence-corrected chi connectivity index (χ3v) is 2.49. The van der Waals surface area contributed by atoms with Crippen LogP contribution in [0.25, 0.3) is 0 Å². The van der Waals surface area contributed by atoms with E-state index in [0.717, 1.165) is 30.8 Å². The van der Waals surface area contributed by atoms with Crippen LogP contribution in [0.3, 0.4) is 0 Å². The number of nitrogens with one attached hydrogen (secondary N) is 1. The molecule has 1 N–H and O–H groups in total. The molecule has 0 amide bonds. The number of benzene rings is 1. The molecule has 0 radical (unpaired) electrons. The molecule has 1 saturated heterocycles. The van der Waals surface area contributed by atoms with Crippen molar-refractivity contribution in [3.63, 3.8) is 0 Å². The Labute approximate surface area is 92.1 Å². The maximum atomic E-state index is 12.2. The van der Waals surface area contributed by atoms with Gasteiger partial charge in [-0.05, 0) is 17.7 Å². The normalized spacial score (nSPS) is 16.7. The second-order valence-electron chi connectivity index (χ2n) is 3.47. The van der Waals surface area contributed by atoms with Gasteiger partial charge in [0.1, 0.15) is 0 Å². The zero-order valence-electron chi connectivity index (χ0n) is 7.84. The number of rotatable bonds is 1. The molecule has 0 atom stereocenters. The van der Waals surface area contributed by atoms with E-state index in [0.29, 0.717) is 5.92 Å². The summed E-state index contributed by atoms with van der Waals surface area (Å²) in [7, 11) is 0. The van der Waals surface area contributed by atoms with Gasteiger partial charge in [-0.15, -0.1) is 12.4 Å². The van der Waals surface area contributed by atoms with Crippen LogP contribution in [0, 0.1) is 0 Å². The van der Waals surface area contributed by atoms with Crippen LogP contribution in [0.4, 0.5) is 13.2 Å². The van der Waals surface area contributed by atoms with Crippen LogP contribution < -0.4 is 5.32 Å². The summed E-state index contributed by atoms with van der Waals surface area (Å²) in [4.78, 5) is 0. The van der Waals surface area contributed by atoms with Gasteiger partial charge in [-0.3, -0.25) is 0 Å². The lowest BCUT2D eigenvalue weighted by molar-refractivity contribution is -0.137. The third kappa shape index (κ3) is 2.63. The summed E-state index contributed by atoms with van der Waals surface area (Å²) >= 11 is 0. The smallest absolute Gasteiger partial charge is 0.315 e. The van der Waals surface area contributed by atoms with Crippen molar-refractivity contribution in [1.82, 2.24) is 5.32 Å². The Balaban J connectivity index is 0.00000112. The monoisotopic (exact) mass is 237 g/mol. The first-order valence-corrected chi connectivity index (χ1v) is 4.45. The third-order valence-electron chi connectivity index (χ3n) is 2.49. The summed E-state index contributed by atoms with van der Waals surface area (Å²) < 4.78 is 36.6. The molecule has 0 aromatic heterocycles. The Morgan fingerprint density at radius 3 is 1.93 bits per heavy atom. The van der Waals surface area contributed by atoms with Crippen molar-refractivity contribution in [2.45, 2.75) is 12.1 Å². The first kappa shape index (κ1) is 12.3. The van der Waals surface area contributed by atoms with Crippen molar-refractivity contribution >= 4 is 12.4 Å². The van der Waals surface area contributed by atoms with Gasteiger partial charge in [0, 0.05) is 19.0 Å². The lowest BCUT2D eigenvalue weighted by Gasteiger charge is -2.27. The topological polar surface area (TPSA) is 12.0 Å². The zero-order valence-corrected chi connectivity index (χ0v) is 8.66. The maximum absolute atomic E-state index is 12.2. The van der Waals surface area contributed by atoms with Crippen LogP contribution in [0.15, 0.2) is 24.3 Å². The molecule has 84 valence electrons. The van der Waals surface area contributed by atoms with Crippen LogP contribution in [0.5, 0.6) is 0 Å². The first-order chi connectivity index (χ1) is 6.57. The molecule has 1 heterocycles. The highest BCUT2D eigenvalue weighted by Crippen LogP contribution is 2.30. The Bertz CT molecular complexity index is 316. The van der Waals surface area contributed by atoms with Crippen LogP contribution in [0.1, 0.15) is 17.0 Å². The summed E-state index contributed by atoms with van der Waals surface area (Å²) in [5.41, 5.74) is 0.408. The van der Waals surface area contributed by atoms with Gasteiger partial charge >= 0.3 is 6.18 Å². The summed E-state index contributed by atoms with van der Waals surface area (Å²) in [5.74, 6) is 0.386. The fraction of sp³-hybridized carbons (Fsp3) is 0.400. The molecule has 0 spiro atoms. The highest BCUT2D eigenvalue weighted by molar-refractivity contribution is 5.85. The molecule has 2 rings (SSSR count). The molecule has 0 saturated carbocycles. The molecule has 1 aliphatic heterocycles. The molecule has 1 aromatic carbocycles. The van der Waals surface area contributed by atoms with Gasteiger partial charge in [0.25, 0.3) is 0 Å². The van der Waals surface area contributed by atoms with Crippen LogP contribution >= 0.6 is 12.4 Å². The fourth-order valence-corrected chi connectivity index (χ4v) is 1.47. The second-order valence-corrected chi connectivity index (χ2v) is 3.47. The van der Waals surface area contributed by atoms with Gasteiger partial charge in [0.2, 0.25) is 0 Å². The average molecular weight is 238 g/mol. The van der Waals surface area contributed by atoms with Crippen molar-refractivity contribution in [3.8, 4) is 0 Å². The number of hydrogen-bond donors (Lipinski definition) is 1. The van der Waals surface area contributed by atoms with Gasteiger partial charge in [-0.1, -0.05) is 12.1 Å². The highest BCUT2D eigenvalue weighted by atomic mass is 35.5. The number of alkyl halides is 3. The van der Waals surface area contributed by atoms with E-state index in [1.807, 2.05) is 0 Å². The molecule has 5 heteroatoms. The lowest BCUT2D eigenvalue weighted by atomic mass is 9.93. The first-order valence-electron chi connectivity index (χ1n) is 4.45. The zero-order chi connectivity index (χ0) is 10.2. The van der Waals surface area contributed by atoms with Gasteiger partial charge in [0.15, 0.2) is 0 Å². The van der Waals surface area contributed by atoms with Gasteiger partial charge in [0.05, 0.1) is 5.56 Å². The standard InChI is InChI=1S/C10H10F3N.ClH/c11-10(12,13)9-3-1-7(2-4-9)8-5-14-6-8;/h1-4,8,14H,5-6H2;1H. The van der Waals surface area contributed by atoms with E-state index in [4.69, 9.17) is 0 Å². The Morgan fingerprint density at radius 1 is 1.07 bits per heavy atom. The van der Waals surface area contributed by atoms with E-state index in [1.54, 1.807) is 12.1 Å². The molecule has 1 aliphatic rings. The van der Waals surface area contributed by atoms with E-state index in [1.165, 1.54) is 0 Å². The minimum absolute atomic E-state index is 0. The van der Waals surface area contributed by atoms with E-state index >= 15 is 0 Å². The largest absolute Gasteiger partial charge is 0.416 e. The van der Waals surface area contributed by atoms with Crippen LogP contribution in [-0.2, 0) is 6.18 Å². The van der Waals surface area contributed by atoms with Crippen molar-refractivity contribution in [3.05, 3.63) is 35.4 Å². The van der Waals surface area contributed by atoms with Crippen molar-refractivity contribution in [1.29, 1.82) is 0 Å². The molecular weight excluding hydrogens is 227 g/mol. The SMILES string of the molecule is Cl.FC(F)(F)c1ccc(C2CNC2)cc1. The lowest BCUT2D eigenvalue weighted by Crippen LogP contribution is -2.39. The quantitative estimate of drug-likeness (QED) is 0.792. The van der Waals surface area contributed by atoms with Crippen LogP contribution in [0.2, 0.25) is 0 Å². The summed E-state index contributed by atoms with van der Waals surface area (Å²) in [6.45, 7) is 1.73. The Hall–Kier alpha value is -0.740. The van der Waals surface area contributed by atoms with Gasteiger partial charge in [-0.25, -0.2) is 0 Å². The molecule has 0 aliphatic carbocycles. The van der Waals surface area contributed by atoms with Gasteiger partial charge in [-0.2, -0.15) is 13.2 Å². The summed E-state index contributed by atoms with van der Waals surface area (Å²) in [5, 5.41) is 3.08. The molecule has 0 unspecified atom stereocenters. The molecule has 1 nitrogen and oxygen atoms in total. The minimum atomic E-state index is -4.23. The van der Waals surface area contributed by atoms with Crippen molar-refractivity contribution < 1.29 is 13.2 Å². The predicted molar refractivity (Wildman–Crippen MR) is 54.3 cm³/mol. The molecule has 1 fully saturated rings. The predicted octanol–water partition coefficient (Wildman–Crippen LogP) is 2.81. The molecule has 1 aromatic rings. The number of hydrogen-bond acceptors (Lipinski definition) is 1. The minimum Gasteiger partial charge on any atom is -0.315 e. The van der Waals surface area contributed by atoms with Crippen molar-refractivity contribution in [2.24, 2.45) is 0 Å². The van der Waals surface area contributed by atoms with E-state index < -0.39 is 11.7 Å². The van der Waals surface area contributed by atoms with Crippen LogP contribution in [-0.4, -0.2) is 13.1 Å². The van der Waals surface area contributed by atoms with E-state index in [-0.39, 0.29) is 12.4 Å². The summed E-state index contributed by atoms with van der Waals surface area (Å²) in [6, 6.07) is 5.42. The second kappa shape index (κ2) is 4.41. The molecular formula is C10H11ClF3N. The highest BCUT2D eigenvalue weighted by Gasteiger charge is 2.30.